The van der Waals surface area contributed by atoms with Gasteiger partial charge in [0.1, 0.15) is 5.92 Å². The molecule has 94 valence electrons. The van der Waals surface area contributed by atoms with Crippen molar-refractivity contribution in [3.8, 4) is 0 Å². The molecule has 4 rings (SSSR count). The Kier molecular flexibility index (Phi) is 2.58. The first-order valence-electron chi connectivity index (χ1n) is 6.31. The van der Waals surface area contributed by atoms with Crippen molar-refractivity contribution in [1.29, 1.82) is 0 Å². The summed E-state index contributed by atoms with van der Waals surface area (Å²) in [6, 6.07) is 7.82. The van der Waals surface area contributed by atoms with Gasteiger partial charge in [0.15, 0.2) is 0 Å². The molecule has 1 fully saturated rings. The quantitative estimate of drug-likeness (QED) is 0.588. The van der Waals surface area contributed by atoms with Crippen molar-refractivity contribution in [1.82, 2.24) is 0 Å². The van der Waals surface area contributed by atoms with E-state index in [1.807, 2.05) is 24.3 Å². The number of benzene rings is 1. The molecule has 0 N–H and O–H groups in total. The summed E-state index contributed by atoms with van der Waals surface area (Å²) < 4.78 is 5.03. The van der Waals surface area contributed by atoms with E-state index in [9.17, 15) is 9.59 Å². The molecule has 1 aromatic carbocycles. The number of rotatable bonds is 2. The van der Waals surface area contributed by atoms with E-state index in [0.29, 0.717) is 13.2 Å². The molecular weight excluding hydrogens is 230 g/mol. The molecular formula is C14H15NO3. The number of carbonyl (C=O) groups excluding carboxylic acids is 2. The summed E-state index contributed by atoms with van der Waals surface area (Å²) in [5, 5.41) is 0. The zero-order valence-electron chi connectivity index (χ0n) is 10.3. The molecule has 3 aliphatic rings. The minimum atomic E-state index is -0.645. The van der Waals surface area contributed by atoms with Gasteiger partial charge < -0.3 is 9.64 Å². The monoisotopic (exact) mass is 245 g/mol. The molecule has 0 aromatic heterocycles. The molecule has 0 aliphatic carbocycles. The molecule has 4 heteroatoms. The number of carbonyl (C=O) groups is 2. The van der Waals surface area contributed by atoms with Gasteiger partial charge in [-0.1, -0.05) is 18.2 Å². The Morgan fingerprint density at radius 1 is 1.44 bits per heavy atom. The van der Waals surface area contributed by atoms with Crippen molar-refractivity contribution in [2.45, 2.75) is 19.3 Å². The molecule has 0 radical (unpaired) electrons. The third-order valence-electron chi connectivity index (χ3n) is 3.77. The van der Waals surface area contributed by atoms with E-state index >= 15 is 0 Å². The molecule has 0 saturated carbocycles. The number of fused-ring (bicyclic) bond motifs is 2. The second-order valence-corrected chi connectivity index (χ2v) is 4.67. The van der Waals surface area contributed by atoms with Crippen LogP contribution < -0.4 is 4.90 Å². The Balaban J connectivity index is 2.03. The SMILES string of the molecule is CCOC(=O)C1C(=O)N2CCC1c1ccccc12. The standard InChI is InChI=1S/C14H15NO3/c1-2-18-14(17)12-10-7-8-15(13(12)16)11-6-4-3-5-9(10)11/h3-6,10,12H,2,7-8H2,1H3. The zero-order valence-corrected chi connectivity index (χ0v) is 10.3. The van der Waals surface area contributed by atoms with Crippen LogP contribution in [-0.4, -0.2) is 25.0 Å². The minimum Gasteiger partial charge on any atom is -0.465 e. The average Bonchev–Trinajstić information content (AvgIpc) is 2.39. The predicted octanol–water partition coefficient (Wildman–Crippen LogP) is 1.70. The summed E-state index contributed by atoms with van der Waals surface area (Å²) in [7, 11) is 0. The smallest absolute Gasteiger partial charge is 0.319 e. The normalized spacial score (nSPS) is 24.9. The Morgan fingerprint density at radius 2 is 2.22 bits per heavy atom. The van der Waals surface area contributed by atoms with Gasteiger partial charge in [-0.05, 0) is 25.0 Å². The Hall–Kier alpha value is -1.84. The maximum atomic E-state index is 12.3. The van der Waals surface area contributed by atoms with Crippen LogP contribution in [0.5, 0.6) is 0 Å². The van der Waals surface area contributed by atoms with Crippen molar-refractivity contribution >= 4 is 17.6 Å². The van der Waals surface area contributed by atoms with Crippen LogP contribution in [0.4, 0.5) is 5.69 Å². The number of anilines is 1. The van der Waals surface area contributed by atoms with E-state index in [0.717, 1.165) is 17.7 Å². The topological polar surface area (TPSA) is 46.6 Å². The zero-order chi connectivity index (χ0) is 12.7. The number of para-hydroxylation sites is 1. The van der Waals surface area contributed by atoms with E-state index in [1.165, 1.54) is 0 Å². The summed E-state index contributed by atoms with van der Waals surface area (Å²) in [6.45, 7) is 2.78. The highest BCUT2D eigenvalue weighted by Gasteiger charge is 2.48. The van der Waals surface area contributed by atoms with E-state index in [-0.39, 0.29) is 17.8 Å². The number of nitrogens with zero attached hydrogens (tertiary/aromatic N) is 1. The van der Waals surface area contributed by atoms with Crippen LogP contribution in [0.15, 0.2) is 24.3 Å². The van der Waals surface area contributed by atoms with Crippen molar-refractivity contribution in [2.75, 3.05) is 18.1 Å². The molecule has 2 bridgehead atoms. The lowest BCUT2D eigenvalue weighted by Crippen LogP contribution is -2.52. The maximum Gasteiger partial charge on any atom is 0.319 e. The number of hydrogen-bond donors (Lipinski definition) is 0. The van der Waals surface area contributed by atoms with Gasteiger partial charge in [0.2, 0.25) is 5.91 Å². The van der Waals surface area contributed by atoms with Gasteiger partial charge in [-0.2, -0.15) is 0 Å². The third kappa shape index (κ3) is 1.45. The van der Waals surface area contributed by atoms with Crippen LogP contribution in [0.1, 0.15) is 24.8 Å². The van der Waals surface area contributed by atoms with E-state index in [1.54, 1.807) is 11.8 Å². The second kappa shape index (κ2) is 4.12. The molecule has 18 heavy (non-hydrogen) atoms. The molecule has 1 amide bonds. The fourth-order valence-electron chi connectivity index (χ4n) is 3.00. The van der Waals surface area contributed by atoms with Crippen LogP contribution in [-0.2, 0) is 14.3 Å². The van der Waals surface area contributed by atoms with Crippen LogP contribution in [0.25, 0.3) is 0 Å². The Labute approximate surface area is 106 Å². The summed E-state index contributed by atoms with van der Waals surface area (Å²) >= 11 is 0. The summed E-state index contributed by atoms with van der Waals surface area (Å²) in [6.07, 6.45) is 0.840. The number of esters is 1. The minimum absolute atomic E-state index is 0.0160. The highest BCUT2D eigenvalue weighted by atomic mass is 16.5. The summed E-state index contributed by atoms with van der Waals surface area (Å²) in [4.78, 5) is 25.9. The van der Waals surface area contributed by atoms with Gasteiger partial charge in [-0.15, -0.1) is 0 Å². The van der Waals surface area contributed by atoms with Gasteiger partial charge in [-0.3, -0.25) is 9.59 Å². The fourth-order valence-corrected chi connectivity index (χ4v) is 3.00. The number of ether oxygens (including phenoxy) is 1. The third-order valence-corrected chi connectivity index (χ3v) is 3.77. The van der Waals surface area contributed by atoms with Gasteiger partial charge >= 0.3 is 5.97 Å². The van der Waals surface area contributed by atoms with Crippen LogP contribution in [0.3, 0.4) is 0 Å². The van der Waals surface area contributed by atoms with Gasteiger partial charge in [0.05, 0.1) is 6.61 Å². The molecule has 4 nitrogen and oxygen atoms in total. The molecule has 2 unspecified atom stereocenters. The van der Waals surface area contributed by atoms with Crippen LogP contribution in [0, 0.1) is 5.92 Å². The molecule has 0 spiro atoms. The van der Waals surface area contributed by atoms with Gasteiger partial charge in [0, 0.05) is 18.2 Å². The highest BCUT2D eigenvalue weighted by molar-refractivity contribution is 6.10. The molecule has 3 heterocycles. The van der Waals surface area contributed by atoms with Crippen molar-refractivity contribution in [2.24, 2.45) is 5.92 Å². The number of hydrogen-bond acceptors (Lipinski definition) is 3. The lowest BCUT2D eigenvalue weighted by molar-refractivity contribution is -0.153. The first kappa shape index (κ1) is 11.3. The summed E-state index contributed by atoms with van der Waals surface area (Å²) in [5.74, 6) is -1.15. The molecule has 1 aromatic rings. The van der Waals surface area contributed by atoms with Gasteiger partial charge in [-0.25, -0.2) is 0 Å². The van der Waals surface area contributed by atoms with E-state index in [2.05, 4.69) is 0 Å². The number of piperidine rings is 1. The highest BCUT2D eigenvalue weighted by Crippen LogP contribution is 2.46. The lowest BCUT2D eigenvalue weighted by Gasteiger charge is -2.44. The average molecular weight is 245 g/mol. The van der Waals surface area contributed by atoms with Crippen LogP contribution in [0.2, 0.25) is 0 Å². The molecule has 1 saturated heterocycles. The molecule has 2 atom stereocenters. The first-order chi connectivity index (χ1) is 8.74. The van der Waals surface area contributed by atoms with Crippen molar-refractivity contribution in [3.63, 3.8) is 0 Å². The predicted molar refractivity (Wildman–Crippen MR) is 66.3 cm³/mol. The van der Waals surface area contributed by atoms with Crippen LogP contribution >= 0.6 is 0 Å². The largest absolute Gasteiger partial charge is 0.465 e. The first-order valence-corrected chi connectivity index (χ1v) is 6.31. The van der Waals surface area contributed by atoms with Crippen molar-refractivity contribution < 1.29 is 14.3 Å². The fraction of sp³-hybridized carbons (Fsp3) is 0.429. The second-order valence-electron chi connectivity index (χ2n) is 4.67. The Morgan fingerprint density at radius 3 is 3.00 bits per heavy atom. The summed E-state index contributed by atoms with van der Waals surface area (Å²) in [5.41, 5.74) is 2.06. The van der Waals surface area contributed by atoms with E-state index in [4.69, 9.17) is 4.74 Å². The Bertz CT molecular complexity index is 512. The lowest BCUT2D eigenvalue weighted by atomic mass is 9.75. The van der Waals surface area contributed by atoms with E-state index < -0.39 is 5.92 Å². The van der Waals surface area contributed by atoms with Gasteiger partial charge in [0.25, 0.3) is 0 Å². The number of amides is 1. The maximum absolute atomic E-state index is 12.3. The molecule has 3 aliphatic heterocycles. The van der Waals surface area contributed by atoms with Crippen molar-refractivity contribution in [3.05, 3.63) is 29.8 Å².